The third kappa shape index (κ3) is 7.02. The molecule has 0 aliphatic heterocycles. The van der Waals surface area contributed by atoms with Crippen LogP contribution >= 0.6 is 11.8 Å². The quantitative estimate of drug-likeness (QED) is 0.0938. The van der Waals surface area contributed by atoms with Crippen LogP contribution in [0.25, 0.3) is 11.4 Å². The lowest BCUT2D eigenvalue weighted by Crippen LogP contribution is -2.52. The fourth-order valence-corrected chi connectivity index (χ4v) is 12.2. The van der Waals surface area contributed by atoms with Gasteiger partial charge in [0, 0.05) is 23.6 Å². The van der Waals surface area contributed by atoms with Gasteiger partial charge in [-0.1, -0.05) is 67.6 Å². The number of carbonyl (C=O) groups is 1. The Labute approximate surface area is 291 Å². The van der Waals surface area contributed by atoms with Crippen LogP contribution in [0.4, 0.5) is 0 Å². The number of carbonyl (C=O) groups excluding carboxylic acids is 1. The summed E-state index contributed by atoms with van der Waals surface area (Å²) in [6.45, 7) is 5.72. The first-order valence-electron chi connectivity index (χ1n) is 18.5. The monoisotopic (exact) mass is 666 g/mol. The first-order chi connectivity index (χ1) is 23.3. The topological polar surface area (TPSA) is 98.2 Å². The summed E-state index contributed by atoms with van der Waals surface area (Å²) >= 11 is 1.93. The molecule has 0 radical (unpaired) electrons. The predicted octanol–water partition coefficient (Wildman–Crippen LogP) is 8.33. The summed E-state index contributed by atoms with van der Waals surface area (Å²) in [7, 11) is 0. The van der Waals surface area contributed by atoms with Gasteiger partial charge in [0.05, 0.1) is 10.6 Å². The van der Waals surface area contributed by atoms with Crippen LogP contribution in [-0.4, -0.2) is 37.0 Å². The zero-order chi connectivity index (χ0) is 33.3. The maximum atomic E-state index is 9.58. The number of aliphatic imine (C=N–C) groups is 1. The van der Waals surface area contributed by atoms with Crippen molar-refractivity contribution in [1.82, 2.24) is 20.2 Å². The van der Waals surface area contributed by atoms with Gasteiger partial charge < -0.3 is 4.57 Å². The number of aromatic nitrogens is 3. The molecule has 1 aromatic heterocycles. The highest BCUT2D eigenvalue weighted by molar-refractivity contribution is 8.14. The molecule has 8 aliphatic carbocycles. The van der Waals surface area contributed by atoms with E-state index in [1.165, 1.54) is 100 Å². The van der Waals surface area contributed by atoms with Crippen molar-refractivity contribution in [2.24, 2.45) is 46.3 Å². The highest BCUT2D eigenvalue weighted by Gasteiger charge is 2.53. The average Bonchev–Trinajstić information content (AvgIpc) is 3.47. The van der Waals surface area contributed by atoms with Crippen LogP contribution in [0.5, 0.6) is 0 Å². The fraction of sp³-hybridized carbons (Fsp3) is 0.600. The van der Waals surface area contributed by atoms with E-state index in [0.29, 0.717) is 11.1 Å². The second kappa shape index (κ2) is 14.1. The number of hydrogen-bond acceptors (Lipinski definition) is 6. The normalized spacial score (nSPS) is 33.8. The minimum atomic E-state index is -0.218. The minimum Gasteiger partial charge on any atom is -0.305 e. The maximum absolute atomic E-state index is 9.58. The van der Waals surface area contributed by atoms with Gasteiger partial charge in [0.25, 0.3) is 0 Å². The molecule has 0 spiro atoms. The highest BCUT2D eigenvalue weighted by atomic mass is 32.2. The van der Waals surface area contributed by atoms with Gasteiger partial charge >= 0.3 is 0 Å². The van der Waals surface area contributed by atoms with Crippen LogP contribution in [0.2, 0.25) is 0 Å². The summed E-state index contributed by atoms with van der Waals surface area (Å²) in [5.41, 5.74) is 5.01. The third-order valence-electron chi connectivity index (χ3n) is 12.2. The Morgan fingerprint density at radius 1 is 0.812 bits per heavy atom. The van der Waals surface area contributed by atoms with Crippen LogP contribution in [0.1, 0.15) is 102 Å². The zero-order valence-corrected chi connectivity index (χ0v) is 29.9. The number of amides is 1. The Kier molecular flexibility index (Phi) is 9.85. The first-order valence-corrected chi connectivity index (χ1v) is 19.5. The van der Waals surface area contributed by atoms with Gasteiger partial charge in [-0.2, -0.15) is 0 Å². The van der Waals surface area contributed by atoms with Gasteiger partial charge in [-0.3, -0.25) is 15.2 Å². The summed E-state index contributed by atoms with van der Waals surface area (Å²) in [6.07, 6.45) is 17.0. The molecule has 1 amide bonds. The number of aryl methyl sites for hydroxylation is 1. The molecule has 3 aromatic rings. The second-order valence-electron chi connectivity index (χ2n) is 16.0. The highest BCUT2D eigenvalue weighted by Crippen LogP contribution is 2.60. The van der Waals surface area contributed by atoms with Crippen LogP contribution < -0.4 is 11.3 Å². The molecule has 8 bridgehead atoms. The van der Waals surface area contributed by atoms with E-state index in [2.05, 4.69) is 95.1 Å². The number of rotatable bonds is 5. The molecule has 3 N–H and O–H groups in total. The molecule has 0 unspecified atom stereocenters. The van der Waals surface area contributed by atoms with Gasteiger partial charge in [-0.25, -0.2) is 5.84 Å². The zero-order valence-electron chi connectivity index (χ0n) is 29.1. The molecule has 8 heteroatoms. The standard InChI is InChI=1S/C19H23N3.C19H25NS.C2H6N2O/c1-13-20-21-18(17-5-3-2-4-6-17)22(13)19-10-14-7-15(11-19)9-16(8-14)12-19;1-2-21-18(17-6-4-3-5-7-17)20-19-11-14-8-15(12-19)10-16(9-14)13-19;1-2(5)4-3/h2-6,14-16H,7-12H2,1H3;3-7,14-16H,2,8-13H2,1H3;3H2,1H3,(H,4,5). The molecule has 8 saturated carbocycles. The molecule has 7 nitrogen and oxygen atoms in total. The molecule has 0 saturated heterocycles. The SMILES string of the molecule is CC(=O)NN.CCSC(=NC12CC3CC(CC(C3)C1)C2)c1ccccc1.Cc1nnc(-c2ccccc2)n1C12CC3CC(CC(C3)C1)C2. The lowest BCUT2D eigenvalue weighted by atomic mass is 9.53. The molecule has 11 rings (SSSR count). The molecule has 8 fully saturated rings. The Hall–Kier alpha value is -2.97. The molecule has 48 heavy (non-hydrogen) atoms. The average molecular weight is 667 g/mol. The van der Waals surface area contributed by atoms with Crippen LogP contribution in [-0.2, 0) is 10.3 Å². The van der Waals surface area contributed by atoms with E-state index >= 15 is 0 Å². The molecular formula is C40H54N6OS. The number of thioether (sulfide) groups is 1. The lowest BCUT2D eigenvalue weighted by Gasteiger charge is -2.57. The molecule has 2 aromatic carbocycles. The van der Waals surface area contributed by atoms with Gasteiger partial charge in [0.1, 0.15) is 5.82 Å². The number of hydrogen-bond donors (Lipinski definition) is 2. The predicted molar refractivity (Wildman–Crippen MR) is 196 cm³/mol. The molecule has 1 heterocycles. The molecular weight excluding hydrogens is 613 g/mol. The van der Waals surface area contributed by atoms with E-state index in [1.54, 1.807) is 0 Å². The van der Waals surface area contributed by atoms with E-state index < -0.39 is 0 Å². The van der Waals surface area contributed by atoms with Gasteiger partial charge in [0.15, 0.2) is 5.82 Å². The Bertz CT molecular complexity index is 1510. The number of nitrogens with zero attached hydrogens (tertiary/aromatic N) is 4. The Morgan fingerprint density at radius 2 is 1.27 bits per heavy atom. The van der Waals surface area contributed by atoms with Crippen molar-refractivity contribution in [1.29, 1.82) is 0 Å². The van der Waals surface area contributed by atoms with Crippen molar-refractivity contribution in [3.63, 3.8) is 0 Å². The van der Waals surface area contributed by atoms with E-state index in [1.807, 2.05) is 17.2 Å². The number of nitrogens with two attached hydrogens (primary N) is 1. The Balaban J connectivity index is 0.000000134. The summed E-state index contributed by atoms with van der Waals surface area (Å²) in [5, 5.41) is 10.3. The van der Waals surface area contributed by atoms with E-state index in [0.717, 1.165) is 52.9 Å². The van der Waals surface area contributed by atoms with Crippen molar-refractivity contribution < 1.29 is 4.79 Å². The van der Waals surface area contributed by atoms with E-state index in [9.17, 15) is 4.79 Å². The van der Waals surface area contributed by atoms with Crippen molar-refractivity contribution in [3.05, 3.63) is 72.1 Å². The smallest absolute Gasteiger partial charge is 0.230 e. The molecule has 256 valence electrons. The number of benzene rings is 2. The largest absolute Gasteiger partial charge is 0.305 e. The molecule has 8 aliphatic rings. The summed E-state index contributed by atoms with van der Waals surface area (Å²) < 4.78 is 2.52. The maximum Gasteiger partial charge on any atom is 0.230 e. The minimum absolute atomic E-state index is 0.218. The van der Waals surface area contributed by atoms with E-state index in [4.69, 9.17) is 4.99 Å². The van der Waals surface area contributed by atoms with Gasteiger partial charge in [-0.15, -0.1) is 22.0 Å². The van der Waals surface area contributed by atoms with Crippen molar-refractivity contribution in [3.8, 4) is 11.4 Å². The summed E-state index contributed by atoms with van der Waals surface area (Å²) in [5.74, 6) is 13.4. The third-order valence-corrected chi connectivity index (χ3v) is 13.1. The van der Waals surface area contributed by atoms with Gasteiger partial charge in [-0.05, 0) is 125 Å². The summed E-state index contributed by atoms with van der Waals surface area (Å²) in [4.78, 5) is 15.0. The van der Waals surface area contributed by atoms with Crippen LogP contribution in [0.15, 0.2) is 65.7 Å². The second-order valence-corrected chi connectivity index (χ2v) is 17.2. The van der Waals surface area contributed by atoms with E-state index in [-0.39, 0.29) is 5.91 Å². The first kappa shape index (κ1) is 33.5. The summed E-state index contributed by atoms with van der Waals surface area (Å²) in [6, 6.07) is 21.4. The van der Waals surface area contributed by atoms with Gasteiger partial charge in [0.2, 0.25) is 5.91 Å². The molecule has 0 atom stereocenters. The van der Waals surface area contributed by atoms with Crippen molar-refractivity contribution >= 4 is 22.7 Å². The van der Waals surface area contributed by atoms with Crippen molar-refractivity contribution in [2.45, 2.75) is 109 Å². The van der Waals surface area contributed by atoms with Crippen molar-refractivity contribution in [2.75, 3.05) is 5.75 Å². The fourth-order valence-electron chi connectivity index (χ4n) is 11.4. The van der Waals surface area contributed by atoms with Crippen LogP contribution in [0.3, 0.4) is 0 Å². The van der Waals surface area contributed by atoms with Crippen LogP contribution in [0, 0.1) is 42.4 Å². The number of hydrazine groups is 1. The number of nitrogens with one attached hydrogen (secondary N) is 1. The Morgan fingerprint density at radius 3 is 1.73 bits per heavy atom. The lowest BCUT2D eigenvalue weighted by molar-refractivity contribution is -0.119.